The molecule has 0 bridgehead atoms. The summed E-state index contributed by atoms with van der Waals surface area (Å²) >= 11 is 0. The van der Waals surface area contributed by atoms with Crippen molar-refractivity contribution in [1.29, 1.82) is 0 Å². The predicted molar refractivity (Wildman–Crippen MR) is 119 cm³/mol. The number of aryl methyl sites for hydroxylation is 2. The lowest BCUT2D eigenvalue weighted by Crippen LogP contribution is -2.49. The number of para-hydroxylation sites is 1. The number of hydrogen-bond donors (Lipinski definition) is 1. The third kappa shape index (κ3) is 4.29. The van der Waals surface area contributed by atoms with E-state index in [4.69, 9.17) is 0 Å². The zero-order valence-electron chi connectivity index (χ0n) is 17.1. The Morgan fingerprint density at radius 3 is 2.23 bits per heavy atom. The lowest BCUT2D eigenvalue weighted by atomic mass is 10.2. The smallest absolute Gasteiger partial charge is 0.243 e. The van der Waals surface area contributed by atoms with Gasteiger partial charge in [-0.1, -0.05) is 35.9 Å². The van der Waals surface area contributed by atoms with Gasteiger partial charge in [0.1, 0.15) is 0 Å². The van der Waals surface area contributed by atoms with Gasteiger partial charge in [-0.3, -0.25) is 0 Å². The minimum atomic E-state index is -3.50. The van der Waals surface area contributed by atoms with Crippen LogP contribution >= 0.6 is 0 Å². The first-order valence-corrected chi connectivity index (χ1v) is 11.4. The highest BCUT2D eigenvalue weighted by atomic mass is 32.2. The molecule has 4 rings (SSSR count). The van der Waals surface area contributed by atoms with Gasteiger partial charge in [-0.25, -0.2) is 8.42 Å². The lowest BCUT2D eigenvalue weighted by molar-refractivity contribution is 0.383. The highest BCUT2D eigenvalue weighted by Gasteiger charge is 2.30. The van der Waals surface area contributed by atoms with Crippen molar-refractivity contribution in [3.63, 3.8) is 0 Å². The number of rotatable bonds is 5. The lowest BCUT2D eigenvalue weighted by Gasteiger charge is -2.34. The Balaban J connectivity index is 1.40. The van der Waals surface area contributed by atoms with Crippen LogP contribution in [0.1, 0.15) is 11.1 Å². The molecule has 7 nitrogen and oxygen atoms in total. The van der Waals surface area contributed by atoms with Gasteiger partial charge in [0.25, 0.3) is 0 Å². The number of nitrogens with one attached hydrogen (secondary N) is 1. The Morgan fingerprint density at radius 2 is 1.60 bits per heavy atom. The molecule has 156 valence electrons. The number of sulfonamides is 1. The molecule has 0 spiro atoms. The van der Waals surface area contributed by atoms with Gasteiger partial charge < -0.3 is 10.2 Å². The number of hydrogen-bond acceptors (Lipinski definition) is 6. The van der Waals surface area contributed by atoms with Crippen LogP contribution in [0.5, 0.6) is 0 Å². The van der Waals surface area contributed by atoms with E-state index in [1.165, 1.54) is 0 Å². The third-order valence-electron chi connectivity index (χ3n) is 5.21. The molecule has 1 aliphatic rings. The van der Waals surface area contributed by atoms with Crippen molar-refractivity contribution in [3.05, 3.63) is 71.8 Å². The summed E-state index contributed by atoms with van der Waals surface area (Å²) in [6.45, 7) is 5.79. The van der Waals surface area contributed by atoms with Crippen molar-refractivity contribution in [2.45, 2.75) is 18.7 Å². The van der Waals surface area contributed by atoms with Gasteiger partial charge in [-0.05, 0) is 49.7 Å². The van der Waals surface area contributed by atoms with Crippen LogP contribution in [0.15, 0.2) is 65.6 Å². The SMILES string of the molecule is Cc1ccc(S(=O)(=O)N2CCN(c3ccc(Nc4ccccc4)nn3)CC2)c(C)c1. The van der Waals surface area contributed by atoms with Crippen LogP contribution in [0.3, 0.4) is 0 Å². The minimum absolute atomic E-state index is 0.387. The van der Waals surface area contributed by atoms with Crippen molar-refractivity contribution in [1.82, 2.24) is 14.5 Å². The van der Waals surface area contributed by atoms with Crippen molar-refractivity contribution < 1.29 is 8.42 Å². The number of piperazine rings is 1. The van der Waals surface area contributed by atoms with Crippen LogP contribution in [-0.4, -0.2) is 49.1 Å². The zero-order chi connectivity index (χ0) is 21.1. The Morgan fingerprint density at radius 1 is 0.867 bits per heavy atom. The first kappa shape index (κ1) is 20.3. The minimum Gasteiger partial charge on any atom is -0.352 e. The van der Waals surface area contributed by atoms with E-state index in [9.17, 15) is 8.42 Å². The topological polar surface area (TPSA) is 78.4 Å². The van der Waals surface area contributed by atoms with Crippen LogP contribution in [0.2, 0.25) is 0 Å². The first-order valence-electron chi connectivity index (χ1n) is 9.92. The van der Waals surface area contributed by atoms with Crippen LogP contribution in [-0.2, 0) is 10.0 Å². The fraction of sp³-hybridized carbons (Fsp3) is 0.273. The molecule has 0 unspecified atom stereocenters. The van der Waals surface area contributed by atoms with Gasteiger partial charge >= 0.3 is 0 Å². The molecule has 1 N–H and O–H groups in total. The van der Waals surface area contributed by atoms with E-state index in [2.05, 4.69) is 20.4 Å². The number of anilines is 3. The second-order valence-electron chi connectivity index (χ2n) is 7.43. The molecule has 1 fully saturated rings. The summed E-state index contributed by atoms with van der Waals surface area (Å²) in [5.74, 6) is 1.41. The van der Waals surface area contributed by atoms with E-state index in [0.29, 0.717) is 36.9 Å². The van der Waals surface area contributed by atoms with Gasteiger partial charge in [-0.2, -0.15) is 4.31 Å². The van der Waals surface area contributed by atoms with Gasteiger partial charge in [0.05, 0.1) is 4.90 Å². The van der Waals surface area contributed by atoms with Crippen molar-refractivity contribution in [2.24, 2.45) is 0 Å². The maximum Gasteiger partial charge on any atom is 0.243 e. The van der Waals surface area contributed by atoms with Crippen molar-refractivity contribution >= 4 is 27.3 Å². The molecule has 0 radical (unpaired) electrons. The van der Waals surface area contributed by atoms with Gasteiger partial charge in [-0.15, -0.1) is 10.2 Å². The second kappa shape index (κ2) is 8.41. The van der Waals surface area contributed by atoms with Crippen molar-refractivity contribution in [2.75, 3.05) is 36.4 Å². The van der Waals surface area contributed by atoms with Gasteiger partial charge in [0, 0.05) is 31.9 Å². The molecule has 2 aromatic carbocycles. The summed E-state index contributed by atoms with van der Waals surface area (Å²) in [6, 6.07) is 19.0. The molecule has 2 heterocycles. The predicted octanol–water partition coefficient (Wildman–Crippen LogP) is 3.35. The summed E-state index contributed by atoms with van der Waals surface area (Å²) in [4.78, 5) is 2.45. The highest BCUT2D eigenvalue weighted by Crippen LogP contribution is 2.23. The van der Waals surface area contributed by atoms with Crippen LogP contribution < -0.4 is 10.2 Å². The molecule has 1 saturated heterocycles. The Bertz CT molecular complexity index is 1110. The van der Waals surface area contributed by atoms with Crippen LogP contribution in [0.25, 0.3) is 0 Å². The molecule has 30 heavy (non-hydrogen) atoms. The normalized spacial score (nSPS) is 15.2. The molecule has 0 amide bonds. The summed E-state index contributed by atoms with van der Waals surface area (Å²) in [6.07, 6.45) is 0. The van der Waals surface area contributed by atoms with Crippen LogP contribution in [0.4, 0.5) is 17.3 Å². The molecule has 3 aromatic rings. The molecule has 0 atom stereocenters. The summed E-state index contributed by atoms with van der Waals surface area (Å²) in [7, 11) is -3.50. The molecule has 0 aliphatic carbocycles. The van der Waals surface area contributed by atoms with E-state index >= 15 is 0 Å². The van der Waals surface area contributed by atoms with E-state index in [1.807, 2.05) is 68.4 Å². The monoisotopic (exact) mass is 423 g/mol. The van der Waals surface area contributed by atoms with E-state index in [0.717, 1.165) is 22.6 Å². The molecule has 1 aliphatic heterocycles. The zero-order valence-corrected chi connectivity index (χ0v) is 17.9. The maximum atomic E-state index is 13.1. The number of benzene rings is 2. The van der Waals surface area contributed by atoms with Crippen molar-refractivity contribution in [3.8, 4) is 0 Å². The molecule has 1 aromatic heterocycles. The largest absolute Gasteiger partial charge is 0.352 e. The molecular weight excluding hydrogens is 398 g/mol. The van der Waals surface area contributed by atoms with Crippen LogP contribution in [0, 0.1) is 13.8 Å². The standard InChI is InChI=1S/C22H25N5O2S/c1-17-8-9-20(18(2)16-17)30(28,29)27-14-12-26(13-15-27)22-11-10-21(24-25-22)23-19-6-4-3-5-7-19/h3-11,16H,12-15H2,1-2H3,(H,23,24). The van der Waals surface area contributed by atoms with Gasteiger partial charge in [0.2, 0.25) is 10.0 Å². The van der Waals surface area contributed by atoms with E-state index < -0.39 is 10.0 Å². The Labute approximate surface area is 177 Å². The van der Waals surface area contributed by atoms with Gasteiger partial charge in [0.15, 0.2) is 11.6 Å². The van der Waals surface area contributed by atoms with E-state index in [-0.39, 0.29) is 0 Å². The second-order valence-corrected chi connectivity index (χ2v) is 9.33. The fourth-order valence-electron chi connectivity index (χ4n) is 3.62. The quantitative estimate of drug-likeness (QED) is 0.678. The maximum absolute atomic E-state index is 13.1. The average molecular weight is 424 g/mol. The molecular formula is C22H25N5O2S. The molecule has 8 heteroatoms. The summed E-state index contributed by atoms with van der Waals surface area (Å²) in [5, 5.41) is 11.8. The Kier molecular flexibility index (Phi) is 5.69. The average Bonchev–Trinajstić information content (AvgIpc) is 2.75. The Hall–Kier alpha value is -2.97. The fourth-order valence-corrected chi connectivity index (χ4v) is 5.24. The first-order chi connectivity index (χ1) is 14.4. The third-order valence-corrected chi connectivity index (χ3v) is 7.27. The molecule has 0 saturated carbocycles. The van der Waals surface area contributed by atoms with E-state index in [1.54, 1.807) is 10.4 Å². The summed E-state index contributed by atoms with van der Waals surface area (Å²) in [5.41, 5.74) is 2.79. The number of aromatic nitrogens is 2. The number of nitrogens with zero attached hydrogens (tertiary/aromatic N) is 4. The summed E-state index contributed by atoms with van der Waals surface area (Å²) < 4.78 is 27.7. The highest BCUT2D eigenvalue weighted by molar-refractivity contribution is 7.89.